The average Bonchev–Trinajstić information content (AvgIpc) is 3.38. The molecule has 1 aliphatic carbocycles. The number of aromatic nitrogens is 2. The number of hydrogen-bond acceptors (Lipinski definition) is 6. The van der Waals surface area contributed by atoms with E-state index in [4.69, 9.17) is 9.72 Å². The van der Waals surface area contributed by atoms with E-state index < -0.39 is 5.54 Å². The molecule has 1 amide bonds. The van der Waals surface area contributed by atoms with E-state index in [9.17, 15) is 14.9 Å². The highest BCUT2D eigenvalue weighted by Crippen LogP contribution is 2.30. The zero-order chi connectivity index (χ0) is 25.0. The second-order valence-corrected chi connectivity index (χ2v) is 9.64. The summed E-state index contributed by atoms with van der Waals surface area (Å²) < 4.78 is 7.39. The third kappa shape index (κ3) is 4.97. The van der Waals surface area contributed by atoms with Gasteiger partial charge in [-0.05, 0) is 74.2 Å². The molecule has 3 aromatic carbocycles. The Hall–Kier alpha value is -4.09. The SMILES string of the molecule is N#CC1(NC(=O)CSc2nc3ccccc3c(=O)n2-c2ccc(Oc3ccccc3)cc2)CCCC1. The first-order valence-electron chi connectivity index (χ1n) is 11.8. The van der Waals surface area contributed by atoms with Crippen LogP contribution in [-0.4, -0.2) is 26.8 Å². The first-order valence-corrected chi connectivity index (χ1v) is 12.8. The molecule has 7 nitrogen and oxygen atoms in total. The van der Waals surface area contributed by atoms with Crippen molar-refractivity contribution in [2.24, 2.45) is 0 Å². The summed E-state index contributed by atoms with van der Waals surface area (Å²) in [6.45, 7) is 0. The van der Waals surface area contributed by atoms with Gasteiger partial charge < -0.3 is 10.1 Å². The molecule has 0 bridgehead atoms. The standard InChI is InChI=1S/C28H24N4O3S/c29-19-28(16-6-7-17-28)31-25(33)18-36-27-30-24-11-5-4-10-23(24)26(34)32(27)20-12-14-22(15-13-20)35-21-8-2-1-3-9-21/h1-5,8-15H,6-7,16-18H2,(H,31,33). The lowest BCUT2D eigenvalue weighted by atomic mass is 10.0. The average molecular weight is 497 g/mol. The topological polar surface area (TPSA) is 97.0 Å². The summed E-state index contributed by atoms with van der Waals surface area (Å²) in [7, 11) is 0. The Morgan fingerprint density at radius 3 is 2.39 bits per heavy atom. The van der Waals surface area contributed by atoms with Crippen molar-refractivity contribution in [3.05, 3.63) is 89.2 Å². The zero-order valence-corrected chi connectivity index (χ0v) is 20.3. The maximum Gasteiger partial charge on any atom is 0.266 e. The van der Waals surface area contributed by atoms with Gasteiger partial charge >= 0.3 is 0 Å². The number of fused-ring (bicyclic) bond motifs is 1. The van der Waals surface area contributed by atoms with Crippen molar-refractivity contribution >= 4 is 28.6 Å². The summed E-state index contributed by atoms with van der Waals surface area (Å²) in [5, 5.41) is 13.4. The third-order valence-electron chi connectivity index (χ3n) is 6.20. The van der Waals surface area contributed by atoms with Crippen molar-refractivity contribution in [3.8, 4) is 23.3 Å². The monoisotopic (exact) mass is 496 g/mol. The quantitative estimate of drug-likeness (QED) is 0.278. The molecule has 8 heteroatoms. The van der Waals surface area contributed by atoms with Crippen LogP contribution < -0.4 is 15.6 Å². The lowest BCUT2D eigenvalue weighted by Gasteiger charge is -2.22. The van der Waals surface area contributed by atoms with Crippen LogP contribution in [0.1, 0.15) is 25.7 Å². The van der Waals surface area contributed by atoms with Crippen molar-refractivity contribution in [3.63, 3.8) is 0 Å². The first kappa shape index (κ1) is 23.6. The van der Waals surface area contributed by atoms with Gasteiger partial charge in [-0.15, -0.1) is 0 Å². The molecule has 1 saturated carbocycles. The van der Waals surface area contributed by atoms with Gasteiger partial charge in [0.2, 0.25) is 5.91 Å². The van der Waals surface area contributed by atoms with Crippen LogP contribution >= 0.6 is 11.8 Å². The van der Waals surface area contributed by atoms with Gasteiger partial charge in [-0.3, -0.25) is 14.2 Å². The Morgan fingerprint density at radius 2 is 1.67 bits per heavy atom. The molecule has 1 aliphatic rings. The molecule has 0 aliphatic heterocycles. The van der Waals surface area contributed by atoms with Crippen LogP contribution in [0.3, 0.4) is 0 Å². The van der Waals surface area contributed by atoms with Crippen LogP contribution in [0.2, 0.25) is 0 Å². The van der Waals surface area contributed by atoms with Crippen molar-refractivity contribution in [1.29, 1.82) is 5.26 Å². The van der Waals surface area contributed by atoms with Crippen LogP contribution in [0.25, 0.3) is 16.6 Å². The van der Waals surface area contributed by atoms with Crippen molar-refractivity contribution in [1.82, 2.24) is 14.9 Å². The summed E-state index contributed by atoms with van der Waals surface area (Å²) in [5.41, 5.74) is 0.174. The summed E-state index contributed by atoms with van der Waals surface area (Å²) in [5.74, 6) is 1.15. The molecule has 0 atom stereocenters. The number of thioether (sulfide) groups is 1. The van der Waals surface area contributed by atoms with Crippen molar-refractivity contribution in [2.45, 2.75) is 36.4 Å². The minimum absolute atomic E-state index is 0.0451. The number of rotatable bonds is 7. The van der Waals surface area contributed by atoms with E-state index >= 15 is 0 Å². The number of carbonyl (C=O) groups excluding carboxylic acids is 1. The van der Waals surface area contributed by atoms with Crippen molar-refractivity contribution < 1.29 is 9.53 Å². The van der Waals surface area contributed by atoms with Gasteiger partial charge in [0.15, 0.2) is 5.16 Å². The highest BCUT2D eigenvalue weighted by Gasteiger charge is 2.35. The number of para-hydroxylation sites is 2. The number of amides is 1. The molecule has 180 valence electrons. The largest absolute Gasteiger partial charge is 0.457 e. The van der Waals surface area contributed by atoms with Crippen LogP contribution in [0.5, 0.6) is 11.5 Å². The number of nitriles is 1. The summed E-state index contributed by atoms with van der Waals surface area (Å²) in [6.07, 6.45) is 3.18. The molecule has 1 fully saturated rings. The van der Waals surface area contributed by atoms with E-state index in [-0.39, 0.29) is 17.2 Å². The zero-order valence-electron chi connectivity index (χ0n) is 19.5. The van der Waals surface area contributed by atoms with Crippen LogP contribution in [0.15, 0.2) is 88.8 Å². The first-order chi connectivity index (χ1) is 17.6. The van der Waals surface area contributed by atoms with Crippen LogP contribution in [0, 0.1) is 11.3 Å². The predicted molar refractivity (Wildman–Crippen MR) is 140 cm³/mol. The smallest absolute Gasteiger partial charge is 0.266 e. The normalized spacial score (nSPS) is 14.3. The Kier molecular flexibility index (Phi) is 6.74. The van der Waals surface area contributed by atoms with E-state index in [1.165, 1.54) is 16.3 Å². The molecular weight excluding hydrogens is 472 g/mol. The molecule has 0 radical (unpaired) electrons. The van der Waals surface area contributed by atoms with Crippen LogP contribution in [-0.2, 0) is 4.79 Å². The maximum absolute atomic E-state index is 13.5. The Bertz CT molecular complexity index is 1490. The van der Waals surface area contributed by atoms with Crippen LogP contribution in [0.4, 0.5) is 0 Å². The Morgan fingerprint density at radius 1 is 1.00 bits per heavy atom. The molecule has 5 rings (SSSR count). The Balaban J connectivity index is 1.43. The molecule has 1 N–H and O–H groups in total. The second-order valence-electron chi connectivity index (χ2n) is 8.70. The lowest BCUT2D eigenvalue weighted by molar-refractivity contribution is -0.119. The second kappa shape index (κ2) is 10.3. The third-order valence-corrected chi connectivity index (χ3v) is 7.14. The van der Waals surface area contributed by atoms with Gasteiger partial charge in [-0.25, -0.2) is 4.98 Å². The summed E-state index contributed by atoms with van der Waals surface area (Å²) >= 11 is 1.18. The van der Waals surface area contributed by atoms with E-state index in [2.05, 4.69) is 11.4 Å². The molecule has 1 aromatic heterocycles. The molecule has 0 saturated heterocycles. The highest BCUT2D eigenvalue weighted by atomic mass is 32.2. The highest BCUT2D eigenvalue weighted by molar-refractivity contribution is 7.99. The Labute approximate surface area is 212 Å². The number of nitrogens with one attached hydrogen (secondary N) is 1. The number of hydrogen-bond donors (Lipinski definition) is 1. The number of nitrogens with zero attached hydrogens (tertiary/aromatic N) is 3. The van der Waals surface area contributed by atoms with E-state index in [0.717, 1.165) is 18.6 Å². The molecule has 0 spiro atoms. The van der Waals surface area contributed by atoms with Gasteiger partial charge in [-0.1, -0.05) is 42.1 Å². The van der Waals surface area contributed by atoms with Crippen molar-refractivity contribution in [2.75, 3.05) is 5.75 Å². The fourth-order valence-electron chi connectivity index (χ4n) is 4.40. The van der Waals surface area contributed by atoms with Gasteiger partial charge in [0.05, 0.1) is 28.4 Å². The molecule has 1 heterocycles. The fourth-order valence-corrected chi connectivity index (χ4v) is 5.21. The molecule has 0 unspecified atom stereocenters. The number of carbonyl (C=O) groups is 1. The van der Waals surface area contributed by atoms with Gasteiger partial charge in [0.25, 0.3) is 5.56 Å². The molecular formula is C28H24N4O3S. The van der Waals surface area contributed by atoms with E-state index in [1.54, 1.807) is 42.5 Å². The predicted octanol–water partition coefficient (Wildman–Crippen LogP) is 5.22. The van der Waals surface area contributed by atoms with E-state index in [0.29, 0.717) is 40.3 Å². The minimum Gasteiger partial charge on any atom is -0.457 e. The minimum atomic E-state index is -0.789. The number of ether oxygens (including phenoxy) is 1. The van der Waals surface area contributed by atoms with Gasteiger partial charge in [-0.2, -0.15) is 5.26 Å². The van der Waals surface area contributed by atoms with Gasteiger partial charge in [0.1, 0.15) is 17.0 Å². The number of benzene rings is 3. The molecule has 36 heavy (non-hydrogen) atoms. The summed E-state index contributed by atoms with van der Waals surface area (Å²) in [4.78, 5) is 30.9. The van der Waals surface area contributed by atoms with Gasteiger partial charge in [0, 0.05) is 0 Å². The lowest BCUT2D eigenvalue weighted by Crippen LogP contribution is -2.45. The maximum atomic E-state index is 13.5. The fraction of sp³-hybridized carbons (Fsp3) is 0.214. The summed E-state index contributed by atoms with van der Waals surface area (Å²) in [6, 6.07) is 26.1. The molecule has 4 aromatic rings. The van der Waals surface area contributed by atoms with E-state index in [1.807, 2.05) is 36.4 Å².